The number of thiophene rings is 1. The summed E-state index contributed by atoms with van der Waals surface area (Å²) in [7, 11) is -1.73. The van der Waals surface area contributed by atoms with Crippen LogP contribution < -0.4 is 4.31 Å². The number of carbonyl (C=O) groups excluding carboxylic acids is 2. The second-order valence-corrected chi connectivity index (χ2v) is 9.55. The minimum atomic E-state index is -3.38. The van der Waals surface area contributed by atoms with Crippen LogP contribution in [0.3, 0.4) is 0 Å². The van der Waals surface area contributed by atoms with Crippen molar-refractivity contribution in [2.75, 3.05) is 24.2 Å². The van der Waals surface area contributed by atoms with Gasteiger partial charge in [-0.2, -0.15) is 11.3 Å². The smallest absolute Gasteiger partial charge is 0.338 e. The van der Waals surface area contributed by atoms with Gasteiger partial charge in [-0.3, -0.25) is 9.10 Å². The van der Waals surface area contributed by atoms with Gasteiger partial charge in [0, 0.05) is 19.6 Å². The molecule has 28 heavy (non-hydrogen) atoms. The second kappa shape index (κ2) is 7.92. The molecule has 7 nitrogen and oxygen atoms in total. The molecule has 1 atom stereocenters. The van der Waals surface area contributed by atoms with Gasteiger partial charge >= 0.3 is 5.97 Å². The highest BCUT2D eigenvalue weighted by atomic mass is 32.2. The third kappa shape index (κ3) is 4.36. The normalized spacial score (nSPS) is 16.0. The third-order valence-corrected chi connectivity index (χ3v) is 6.58. The monoisotopic (exact) mass is 422 g/mol. The minimum Gasteiger partial charge on any atom is -0.452 e. The van der Waals surface area contributed by atoms with Crippen molar-refractivity contribution < 1.29 is 22.7 Å². The van der Waals surface area contributed by atoms with Crippen molar-refractivity contribution in [3.8, 4) is 0 Å². The number of nitrogens with zero attached hydrogens (tertiary/aromatic N) is 2. The number of benzene rings is 1. The maximum atomic E-state index is 12.3. The Hall–Kier alpha value is -2.39. The Morgan fingerprint density at radius 3 is 2.71 bits per heavy atom. The van der Waals surface area contributed by atoms with Gasteiger partial charge in [0.2, 0.25) is 10.0 Å². The number of carbonyl (C=O) groups is 2. The summed E-state index contributed by atoms with van der Waals surface area (Å²) >= 11 is 1.56. The molecule has 1 amide bonds. The van der Waals surface area contributed by atoms with Crippen molar-refractivity contribution in [2.45, 2.75) is 25.9 Å². The fourth-order valence-electron chi connectivity index (χ4n) is 3.30. The zero-order valence-corrected chi connectivity index (χ0v) is 17.5. The van der Waals surface area contributed by atoms with E-state index in [-0.39, 0.29) is 18.6 Å². The standard InChI is InChI=1S/C19H22N2O5S2/c1-13-8-16-9-15(4-5-17(16)21(13)28(3,24)25)19(23)26-11-18(22)20(2)10-14-6-7-27-12-14/h4-7,9,12-13H,8,10-11H2,1-3H3. The van der Waals surface area contributed by atoms with Gasteiger partial charge in [-0.15, -0.1) is 0 Å². The Morgan fingerprint density at radius 2 is 2.07 bits per heavy atom. The van der Waals surface area contributed by atoms with Crippen molar-refractivity contribution in [3.63, 3.8) is 0 Å². The van der Waals surface area contributed by atoms with E-state index in [1.165, 1.54) is 21.5 Å². The summed E-state index contributed by atoms with van der Waals surface area (Å²) in [6, 6.07) is 6.51. The summed E-state index contributed by atoms with van der Waals surface area (Å²) in [6.45, 7) is 1.93. The molecule has 0 saturated carbocycles. The van der Waals surface area contributed by atoms with E-state index < -0.39 is 16.0 Å². The first kappa shape index (κ1) is 20.3. The minimum absolute atomic E-state index is 0.205. The summed E-state index contributed by atoms with van der Waals surface area (Å²) in [5.74, 6) is -0.900. The fraction of sp³-hybridized carbons (Fsp3) is 0.368. The molecule has 0 fully saturated rings. The molecule has 1 aliphatic rings. The lowest BCUT2D eigenvalue weighted by atomic mass is 10.1. The van der Waals surface area contributed by atoms with Gasteiger partial charge in [-0.05, 0) is 59.5 Å². The van der Waals surface area contributed by atoms with Crippen LogP contribution in [0.25, 0.3) is 0 Å². The molecule has 150 valence electrons. The van der Waals surface area contributed by atoms with Gasteiger partial charge in [0.25, 0.3) is 5.91 Å². The molecule has 3 rings (SSSR count). The SMILES string of the molecule is CC1Cc2cc(C(=O)OCC(=O)N(C)Cc3ccsc3)ccc2N1S(C)(=O)=O. The maximum absolute atomic E-state index is 12.3. The van der Waals surface area contributed by atoms with Crippen LogP contribution in [0, 0.1) is 0 Å². The van der Waals surface area contributed by atoms with Crippen LogP contribution in [0.1, 0.15) is 28.4 Å². The molecule has 9 heteroatoms. The number of likely N-dealkylation sites (N-methyl/N-ethyl adjacent to an activating group) is 1. The Balaban J connectivity index is 1.63. The van der Waals surface area contributed by atoms with E-state index in [1.54, 1.807) is 30.5 Å². The van der Waals surface area contributed by atoms with Crippen LogP contribution in [0.15, 0.2) is 35.0 Å². The van der Waals surface area contributed by atoms with Crippen LogP contribution in [0.5, 0.6) is 0 Å². The van der Waals surface area contributed by atoms with E-state index in [9.17, 15) is 18.0 Å². The first-order chi connectivity index (χ1) is 13.2. The molecule has 1 unspecified atom stereocenters. The zero-order chi connectivity index (χ0) is 20.5. The molecule has 0 saturated heterocycles. The molecule has 0 spiro atoms. The number of hydrogen-bond acceptors (Lipinski definition) is 6. The highest BCUT2D eigenvalue weighted by molar-refractivity contribution is 7.92. The predicted octanol–water partition coefficient (Wildman–Crippen LogP) is 2.27. The van der Waals surface area contributed by atoms with Crippen LogP contribution in [-0.2, 0) is 32.5 Å². The average Bonchev–Trinajstić information content (AvgIpc) is 3.24. The van der Waals surface area contributed by atoms with E-state index in [0.29, 0.717) is 24.2 Å². The first-order valence-corrected chi connectivity index (χ1v) is 11.5. The van der Waals surface area contributed by atoms with Crippen molar-refractivity contribution >= 4 is 38.9 Å². The predicted molar refractivity (Wildman–Crippen MR) is 108 cm³/mol. The molecular formula is C19H22N2O5S2. The Bertz CT molecular complexity index is 986. The Kier molecular flexibility index (Phi) is 5.76. The van der Waals surface area contributed by atoms with Gasteiger partial charge in [-0.1, -0.05) is 0 Å². The van der Waals surface area contributed by atoms with Crippen molar-refractivity contribution in [2.24, 2.45) is 0 Å². The number of hydrogen-bond donors (Lipinski definition) is 0. The van der Waals surface area contributed by atoms with Crippen molar-refractivity contribution in [1.29, 1.82) is 0 Å². The largest absolute Gasteiger partial charge is 0.452 e. The molecule has 0 radical (unpaired) electrons. The Labute approximate surface area is 168 Å². The van der Waals surface area contributed by atoms with Gasteiger partial charge in [0.05, 0.1) is 17.5 Å². The molecule has 1 aromatic carbocycles. The molecule has 2 aromatic rings. The molecule has 0 N–H and O–H groups in total. The van der Waals surface area contributed by atoms with Crippen LogP contribution in [-0.4, -0.2) is 51.1 Å². The molecule has 2 heterocycles. The highest BCUT2D eigenvalue weighted by Crippen LogP contribution is 2.34. The molecule has 1 aromatic heterocycles. The van der Waals surface area contributed by atoms with E-state index in [4.69, 9.17) is 4.74 Å². The highest BCUT2D eigenvalue weighted by Gasteiger charge is 2.33. The van der Waals surface area contributed by atoms with E-state index in [0.717, 1.165) is 11.1 Å². The molecule has 0 aliphatic carbocycles. The Morgan fingerprint density at radius 1 is 1.32 bits per heavy atom. The molecular weight excluding hydrogens is 400 g/mol. The number of anilines is 1. The maximum Gasteiger partial charge on any atom is 0.338 e. The summed E-state index contributed by atoms with van der Waals surface area (Å²) in [5, 5.41) is 3.90. The number of rotatable bonds is 6. The summed E-state index contributed by atoms with van der Waals surface area (Å²) in [5.41, 5.74) is 2.68. The topological polar surface area (TPSA) is 84.0 Å². The average molecular weight is 423 g/mol. The molecule has 0 bridgehead atoms. The number of fused-ring (bicyclic) bond motifs is 1. The summed E-state index contributed by atoms with van der Waals surface area (Å²) < 4.78 is 30.5. The van der Waals surface area contributed by atoms with Gasteiger partial charge < -0.3 is 9.64 Å². The van der Waals surface area contributed by atoms with Gasteiger partial charge in [0.15, 0.2) is 6.61 Å². The van der Waals surface area contributed by atoms with Gasteiger partial charge in [0.1, 0.15) is 0 Å². The van der Waals surface area contributed by atoms with E-state index >= 15 is 0 Å². The van der Waals surface area contributed by atoms with Crippen molar-refractivity contribution in [3.05, 3.63) is 51.7 Å². The van der Waals surface area contributed by atoms with Crippen molar-refractivity contribution in [1.82, 2.24) is 4.90 Å². The van der Waals surface area contributed by atoms with Gasteiger partial charge in [-0.25, -0.2) is 13.2 Å². The fourth-order valence-corrected chi connectivity index (χ4v) is 5.22. The first-order valence-electron chi connectivity index (χ1n) is 8.71. The van der Waals surface area contributed by atoms with Crippen LogP contribution >= 0.6 is 11.3 Å². The number of sulfonamides is 1. The second-order valence-electron chi connectivity index (χ2n) is 6.91. The lowest BCUT2D eigenvalue weighted by Crippen LogP contribution is -2.34. The van der Waals surface area contributed by atoms with Crippen LogP contribution in [0.4, 0.5) is 5.69 Å². The van der Waals surface area contributed by atoms with E-state index in [2.05, 4.69) is 0 Å². The van der Waals surface area contributed by atoms with E-state index in [1.807, 2.05) is 23.8 Å². The molecule has 1 aliphatic heterocycles. The van der Waals surface area contributed by atoms with Crippen LogP contribution in [0.2, 0.25) is 0 Å². The number of esters is 1. The summed E-state index contributed by atoms with van der Waals surface area (Å²) in [4.78, 5) is 26.0. The zero-order valence-electron chi connectivity index (χ0n) is 15.9. The summed E-state index contributed by atoms with van der Waals surface area (Å²) in [6.07, 6.45) is 1.69. The number of amides is 1. The number of ether oxygens (including phenoxy) is 1. The third-order valence-electron chi connectivity index (χ3n) is 4.58. The lowest BCUT2D eigenvalue weighted by Gasteiger charge is -2.21. The quantitative estimate of drug-likeness (QED) is 0.667. The lowest BCUT2D eigenvalue weighted by molar-refractivity contribution is -0.133.